The summed E-state index contributed by atoms with van der Waals surface area (Å²) in [4.78, 5) is 41.2. The number of methoxy groups -OCH3 is 1. The Morgan fingerprint density at radius 3 is 2.56 bits per heavy atom. The number of carbonyl (C=O) groups is 3. The average molecular weight is 546 g/mol. The predicted molar refractivity (Wildman–Crippen MR) is 143 cm³/mol. The Hall–Kier alpha value is -3.25. The van der Waals surface area contributed by atoms with Gasteiger partial charge in [-0.3, -0.25) is 14.4 Å². The molecule has 0 saturated carbocycles. The van der Waals surface area contributed by atoms with Crippen LogP contribution in [0.25, 0.3) is 10.9 Å². The Kier molecular flexibility index (Phi) is 10.3. The van der Waals surface area contributed by atoms with Crippen LogP contribution in [0.2, 0.25) is 0 Å². The molecule has 1 aliphatic heterocycles. The van der Waals surface area contributed by atoms with Crippen molar-refractivity contribution in [1.29, 1.82) is 0 Å². The third-order valence-corrected chi connectivity index (χ3v) is 6.54. The van der Waals surface area contributed by atoms with E-state index >= 15 is 0 Å². The molecule has 0 radical (unpaired) electrons. The Labute approximate surface area is 227 Å². The molecule has 3 rings (SSSR count). The molecule has 2 amide bonds. The number of H-pyrrole nitrogens is 1. The average Bonchev–Trinajstić information content (AvgIpc) is 3.21. The standard InChI is InChI=1S/C28H39N3O8/c1-28(2,3)12-11-21(32)23(34)24(35)25(38-4)27(37)31-20-10-9-17(15-30-26(20)36)39-22(33)13-16-14-29-19-8-6-5-7-18(16)19/h5-8,11-12,14,17,20-21,23-25,29,32,34-35H,9-10,13,15H2,1-4H3,(H,30,36)(H,31,37)/b12-11+. The predicted octanol–water partition coefficient (Wildman–Crippen LogP) is 0.717. The summed E-state index contributed by atoms with van der Waals surface area (Å²) in [5.74, 6) is -1.74. The molecule has 0 bridgehead atoms. The van der Waals surface area contributed by atoms with Crippen molar-refractivity contribution in [2.45, 2.75) is 76.6 Å². The summed E-state index contributed by atoms with van der Waals surface area (Å²) in [7, 11) is 1.17. The van der Waals surface area contributed by atoms with Gasteiger partial charge >= 0.3 is 5.97 Å². The highest BCUT2D eigenvalue weighted by atomic mass is 16.5. The number of aliphatic hydroxyl groups is 3. The molecule has 39 heavy (non-hydrogen) atoms. The first-order valence-corrected chi connectivity index (χ1v) is 13.0. The molecule has 6 atom stereocenters. The maximum absolute atomic E-state index is 12.9. The van der Waals surface area contributed by atoms with Crippen molar-refractivity contribution in [2.24, 2.45) is 5.41 Å². The number of aromatic amines is 1. The van der Waals surface area contributed by atoms with Gasteiger partial charge in [0.15, 0.2) is 6.10 Å². The van der Waals surface area contributed by atoms with Crippen LogP contribution in [-0.2, 0) is 30.3 Å². The van der Waals surface area contributed by atoms with Gasteiger partial charge in [0.05, 0.1) is 13.0 Å². The number of carbonyl (C=O) groups excluding carboxylic acids is 3. The fraction of sp³-hybridized carbons (Fsp3) is 0.536. The summed E-state index contributed by atoms with van der Waals surface area (Å²) in [6, 6.07) is 6.65. The SMILES string of the molecule is COC(C(=O)NC1CCC(OC(=O)Cc2c[nH]c3ccccc23)CNC1=O)C(O)C(O)C(O)/C=C/C(C)(C)C. The number of aliphatic hydroxyl groups excluding tert-OH is 3. The third kappa shape index (κ3) is 8.37. The number of allylic oxidation sites excluding steroid dienone is 1. The highest BCUT2D eigenvalue weighted by molar-refractivity contribution is 5.90. The zero-order valence-electron chi connectivity index (χ0n) is 22.7. The number of amides is 2. The number of aromatic nitrogens is 1. The Morgan fingerprint density at radius 1 is 1.15 bits per heavy atom. The number of nitrogens with one attached hydrogen (secondary N) is 3. The van der Waals surface area contributed by atoms with Crippen molar-refractivity contribution in [2.75, 3.05) is 13.7 Å². The van der Waals surface area contributed by atoms with Crippen LogP contribution in [0.5, 0.6) is 0 Å². The molecule has 214 valence electrons. The molecule has 11 heteroatoms. The molecule has 0 aliphatic carbocycles. The maximum Gasteiger partial charge on any atom is 0.310 e. The van der Waals surface area contributed by atoms with Crippen LogP contribution in [0.4, 0.5) is 0 Å². The van der Waals surface area contributed by atoms with Crippen LogP contribution < -0.4 is 10.6 Å². The second-order valence-electron chi connectivity index (χ2n) is 10.9. The maximum atomic E-state index is 12.9. The largest absolute Gasteiger partial charge is 0.460 e. The Bertz CT molecular complexity index is 1170. The minimum atomic E-state index is -1.76. The van der Waals surface area contributed by atoms with E-state index in [1.54, 1.807) is 12.3 Å². The number of fused-ring (bicyclic) bond motifs is 1. The third-order valence-electron chi connectivity index (χ3n) is 6.54. The van der Waals surface area contributed by atoms with Crippen molar-refractivity contribution in [3.63, 3.8) is 0 Å². The number of hydrogen-bond acceptors (Lipinski definition) is 8. The van der Waals surface area contributed by atoms with Crippen LogP contribution >= 0.6 is 0 Å². The molecule has 0 spiro atoms. The molecular formula is C28H39N3O8. The van der Waals surface area contributed by atoms with Crippen molar-refractivity contribution in [3.05, 3.63) is 48.2 Å². The molecule has 1 aromatic carbocycles. The molecule has 1 saturated heterocycles. The van der Waals surface area contributed by atoms with Crippen molar-refractivity contribution in [3.8, 4) is 0 Å². The topological polar surface area (TPSA) is 170 Å². The van der Waals surface area contributed by atoms with Gasteiger partial charge in [0.25, 0.3) is 5.91 Å². The molecule has 1 aromatic heterocycles. The minimum Gasteiger partial charge on any atom is -0.460 e. The molecule has 6 N–H and O–H groups in total. The van der Waals surface area contributed by atoms with Gasteiger partial charge in [-0.2, -0.15) is 0 Å². The number of hydrogen-bond donors (Lipinski definition) is 6. The normalized spacial score (nSPS) is 21.6. The van der Waals surface area contributed by atoms with Gasteiger partial charge in [0.1, 0.15) is 30.5 Å². The summed E-state index contributed by atoms with van der Waals surface area (Å²) in [6.45, 7) is 5.79. The number of esters is 1. The van der Waals surface area contributed by atoms with E-state index in [0.29, 0.717) is 6.42 Å². The lowest BCUT2D eigenvalue weighted by molar-refractivity contribution is -0.151. The fourth-order valence-electron chi connectivity index (χ4n) is 4.36. The molecule has 1 fully saturated rings. The molecule has 11 nitrogen and oxygen atoms in total. The number of para-hydroxylation sites is 1. The quantitative estimate of drug-likeness (QED) is 0.187. The van der Waals surface area contributed by atoms with E-state index in [1.807, 2.05) is 45.0 Å². The van der Waals surface area contributed by atoms with Gasteiger partial charge in [-0.1, -0.05) is 51.1 Å². The van der Waals surface area contributed by atoms with Gasteiger partial charge in [-0.15, -0.1) is 0 Å². The van der Waals surface area contributed by atoms with Gasteiger partial charge < -0.3 is 40.4 Å². The highest BCUT2D eigenvalue weighted by Crippen LogP contribution is 2.20. The zero-order chi connectivity index (χ0) is 28.7. The summed E-state index contributed by atoms with van der Waals surface area (Å²) < 4.78 is 10.7. The summed E-state index contributed by atoms with van der Waals surface area (Å²) in [6.07, 6.45) is -1.69. The van der Waals surface area contributed by atoms with E-state index in [2.05, 4.69) is 15.6 Å². The zero-order valence-corrected chi connectivity index (χ0v) is 22.7. The van der Waals surface area contributed by atoms with Crippen LogP contribution in [0.1, 0.15) is 39.2 Å². The summed E-state index contributed by atoms with van der Waals surface area (Å²) >= 11 is 0. The van der Waals surface area contributed by atoms with Crippen LogP contribution in [-0.4, -0.2) is 88.3 Å². The van der Waals surface area contributed by atoms with E-state index in [0.717, 1.165) is 16.5 Å². The Balaban J connectivity index is 1.54. The summed E-state index contributed by atoms with van der Waals surface area (Å²) in [5.41, 5.74) is 1.46. The second kappa shape index (κ2) is 13.2. The number of rotatable bonds is 10. The number of benzene rings is 1. The summed E-state index contributed by atoms with van der Waals surface area (Å²) in [5, 5.41) is 37.2. The second-order valence-corrected chi connectivity index (χ2v) is 10.9. The fourth-order valence-corrected chi connectivity index (χ4v) is 4.36. The highest BCUT2D eigenvalue weighted by Gasteiger charge is 2.37. The molecule has 6 unspecified atom stereocenters. The molecule has 2 heterocycles. The van der Waals surface area contributed by atoms with Crippen LogP contribution in [0.3, 0.4) is 0 Å². The van der Waals surface area contributed by atoms with E-state index in [4.69, 9.17) is 9.47 Å². The lowest BCUT2D eigenvalue weighted by Crippen LogP contribution is -2.55. The first-order valence-electron chi connectivity index (χ1n) is 13.0. The lowest BCUT2D eigenvalue weighted by atomic mass is 9.94. The Morgan fingerprint density at radius 2 is 1.87 bits per heavy atom. The monoisotopic (exact) mass is 545 g/mol. The van der Waals surface area contributed by atoms with Gasteiger partial charge in [0, 0.05) is 24.2 Å². The lowest BCUT2D eigenvalue weighted by Gasteiger charge is -2.28. The first-order chi connectivity index (χ1) is 18.4. The van der Waals surface area contributed by atoms with E-state index < -0.39 is 54.3 Å². The van der Waals surface area contributed by atoms with Crippen molar-refractivity contribution >= 4 is 28.7 Å². The number of ether oxygens (including phenoxy) is 2. The van der Waals surface area contributed by atoms with Gasteiger partial charge in [-0.25, -0.2) is 0 Å². The molecular weight excluding hydrogens is 506 g/mol. The van der Waals surface area contributed by atoms with Gasteiger partial charge in [0.2, 0.25) is 5.91 Å². The molecule has 2 aromatic rings. The molecule has 1 aliphatic rings. The van der Waals surface area contributed by atoms with Gasteiger partial charge in [-0.05, 0) is 29.9 Å². The van der Waals surface area contributed by atoms with E-state index in [1.165, 1.54) is 13.2 Å². The van der Waals surface area contributed by atoms with Crippen molar-refractivity contribution in [1.82, 2.24) is 15.6 Å². The minimum absolute atomic E-state index is 0.0706. The van der Waals surface area contributed by atoms with Crippen LogP contribution in [0.15, 0.2) is 42.6 Å². The first kappa shape index (κ1) is 30.3. The smallest absolute Gasteiger partial charge is 0.310 e. The van der Waals surface area contributed by atoms with E-state index in [9.17, 15) is 29.7 Å². The van der Waals surface area contributed by atoms with E-state index in [-0.39, 0.29) is 24.8 Å². The van der Waals surface area contributed by atoms with Crippen LogP contribution in [0, 0.1) is 5.41 Å². The van der Waals surface area contributed by atoms with Crippen molar-refractivity contribution < 1.29 is 39.2 Å².